The highest BCUT2D eigenvalue weighted by atomic mass is 16.6. The highest BCUT2D eigenvalue weighted by Gasteiger charge is 2.36. The van der Waals surface area contributed by atoms with E-state index in [4.69, 9.17) is 9.47 Å². The maximum atomic E-state index is 12.8. The first-order valence-electron chi connectivity index (χ1n) is 10.6. The van der Waals surface area contributed by atoms with Gasteiger partial charge in [0.15, 0.2) is 11.5 Å². The van der Waals surface area contributed by atoms with E-state index in [9.17, 15) is 9.59 Å². The van der Waals surface area contributed by atoms with Crippen molar-refractivity contribution in [1.82, 2.24) is 5.32 Å². The Morgan fingerprint density at radius 3 is 2.73 bits per heavy atom. The van der Waals surface area contributed by atoms with E-state index in [1.54, 1.807) is 4.90 Å². The third kappa shape index (κ3) is 4.13. The molecule has 2 unspecified atom stereocenters. The first-order chi connectivity index (χ1) is 14.6. The summed E-state index contributed by atoms with van der Waals surface area (Å²) in [6, 6.07) is 13.7. The molecule has 0 saturated carbocycles. The Morgan fingerprint density at radius 1 is 1.17 bits per heavy atom. The van der Waals surface area contributed by atoms with Crippen LogP contribution in [0.2, 0.25) is 0 Å². The van der Waals surface area contributed by atoms with Crippen molar-refractivity contribution in [2.24, 2.45) is 5.92 Å². The van der Waals surface area contributed by atoms with Crippen molar-refractivity contribution in [3.05, 3.63) is 53.6 Å². The lowest BCUT2D eigenvalue weighted by atomic mass is 9.96. The van der Waals surface area contributed by atoms with Crippen LogP contribution in [0.25, 0.3) is 0 Å². The van der Waals surface area contributed by atoms with Crippen molar-refractivity contribution in [3.8, 4) is 11.5 Å². The standard InChI is InChI=1S/C24H28N2O4/c1-3-16(2)19-6-4-5-7-20(19)26-15-18(13-23(26)27)24(28)25-14-17-8-9-21-22(12-17)30-11-10-29-21/h4-9,12,16,18H,3,10-11,13-15H2,1-2H3,(H,25,28). The molecule has 1 saturated heterocycles. The van der Waals surface area contributed by atoms with Crippen LogP contribution in [0.1, 0.15) is 43.7 Å². The number of amides is 2. The Labute approximate surface area is 177 Å². The molecule has 2 aromatic carbocycles. The van der Waals surface area contributed by atoms with Crippen LogP contribution in [0, 0.1) is 5.92 Å². The summed E-state index contributed by atoms with van der Waals surface area (Å²) >= 11 is 0. The zero-order chi connectivity index (χ0) is 21.1. The minimum Gasteiger partial charge on any atom is -0.486 e. The first-order valence-corrected chi connectivity index (χ1v) is 10.6. The minimum absolute atomic E-state index is 0.00484. The van der Waals surface area contributed by atoms with E-state index in [0.29, 0.717) is 38.0 Å². The van der Waals surface area contributed by atoms with Crippen molar-refractivity contribution < 1.29 is 19.1 Å². The van der Waals surface area contributed by atoms with Crippen LogP contribution in [0.5, 0.6) is 11.5 Å². The number of carbonyl (C=O) groups is 2. The molecule has 2 aromatic rings. The van der Waals surface area contributed by atoms with E-state index in [2.05, 4.69) is 25.2 Å². The minimum atomic E-state index is -0.348. The van der Waals surface area contributed by atoms with Gasteiger partial charge in [0, 0.05) is 25.2 Å². The zero-order valence-electron chi connectivity index (χ0n) is 17.5. The number of anilines is 1. The van der Waals surface area contributed by atoms with Crippen LogP contribution in [-0.4, -0.2) is 31.6 Å². The van der Waals surface area contributed by atoms with Gasteiger partial charge in [-0.05, 0) is 41.7 Å². The maximum Gasteiger partial charge on any atom is 0.227 e. The molecular formula is C24H28N2O4. The molecule has 2 amide bonds. The average Bonchev–Trinajstić information content (AvgIpc) is 3.18. The van der Waals surface area contributed by atoms with Crippen LogP contribution in [0.3, 0.4) is 0 Å². The van der Waals surface area contributed by atoms with Crippen LogP contribution < -0.4 is 19.7 Å². The fraction of sp³-hybridized carbons (Fsp3) is 0.417. The number of nitrogens with one attached hydrogen (secondary N) is 1. The number of para-hydroxylation sites is 1. The van der Waals surface area contributed by atoms with Gasteiger partial charge in [-0.15, -0.1) is 0 Å². The molecule has 0 bridgehead atoms. The topological polar surface area (TPSA) is 67.9 Å². The Morgan fingerprint density at radius 2 is 1.93 bits per heavy atom. The molecule has 2 aliphatic rings. The largest absolute Gasteiger partial charge is 0.486 e. The highest BCUT2D eigenvalue weighted by Crippen LogP contribution is 2.34. The zero-order valence-corrected chi connectivity index (χ0v) is 17.5. The third-order valence-electron chi connectivity index (χ3n) is 5.94. The average molecular weight is 408 g/mol. The number of nitrogens with zero attached hydrogens (tertiary/aromatic N) is 1. The van der Waals surface area contributed by atoms with Gasteiger partial charge < -0.3 is 19.7 Å². The molecule has 6 heteroatoms. The van der Waals surface area contributed by atoms with Crippen molar-refractivity contribution in [2.75, 3.05) is 24.7 Å². The Kier molecular flexibility index (Phi) is 5.93. The van der Waals surface area contributed by atoms with Gasteiger partial charge in [0.05, 0.1) is 5.92 Å². The Balaban J connectivity index is 1.40. The summed E-state index contributed by atoms with van der Waals surface area (Å²) in [5, 5.41) is 2.97. The van der Waals surface area contributed by atoms with E-state index in [-0.39, 0.29) is 24.2 Å². The van der Waals surface area contributed by atoms with E-state index >= 15 is 0 Å². The second-order valence-electron chi connectivity index (χ2n) is 7.97. The number of carbonyl (C=O) groups excluding carboxylic acids is 2. The molecule has 30 heavy (non-hydrogen) atoms. The van der Waals surface area contributed by atoms with Gasteiger partial charge in [0.1, 0.15) is 13.2 Å². The van der Waals surface area contributed by atoms with Crippen LogP contribution in [0.4, 0.5) is 5.69 Å². The second kappa shape index (κ2) is 8.78. The number of hydrogen-bond acceptors (Lipinski definition) is 4. The number of rotatable bonds is 6. The summed E-state index contributed by atoms with van der Waals surface area (Å²) in [5.74, 6) is 1.36. The number of benzene rings is 2. The summed E-state index contributed by atoms with van der Waals surface area (Å²) in [4.78, 5) is 27.2. The summed E-state index contributed by atoms with van der Waals surface area (Å²) < 4.78 is 11.1. The molecule has 158 valence electrons. The van der Waals surface area contributed by atoms with Crippen molar-refractivity contribution in [2.45, 2.75) is 39.2 Å². The fourth-order valence-electron chi connectivity index (χ4n) is 4.02. The predicted molar refractivity (Wildman–Crippen MR) is 115 cm³/mol. The molecule has 0 aliphatic carbocycles. The summed E-state index contributed by atoms with van der Waals surface area (Å²) in [6.07, 6.45) is 1.24. The quantitative estimate of drug-likeness (QED) is 0.792. The molecule has 0 spiro atoms. The van der Waals surface area contributed by atoms with Gasteiger partial charge >= 0.3 is 0 Å². The molecule has 4 rings (SSSR count). The smallest absolute Gasteiger partial charge is 0.227 e. The van der Waals surface area contributed by atoms with E-state index in [1.165, 1.54) is 0 Å². The summed E-state index contributed by atoms with van der Waals surface area (Å²) in [7, 11) is 0. The van der Waals surface area contributed by atoms with E-state index in [1.807, 2.05) is 36.4 Å². The Hall–Kier alpha value is -3.02. The number of hydrogen-bond donors (Lipinski definition) is 1. The molecule has 2 heterocycles. The monoisotopic (exact) mass is 408 g/mol. The lowest BCUT2D eigenvalue weighted by Crippen LogP contribution is -2.33. The van der Waals surface area contributed by atoms with Crippen molar-refractivity contribution in [1.29, 1.82) is 0 Å². The molecule has 2 atom stereocenters. The van der Waals surface area contributed by atoms with Crippen LogP contribution in [-0.2, 0) is 16.1 Å². The molecule has 0 radical (unpaired) electrons. The molecule has 6 nitrogen and oxygen atoms in total. The van der Waals surface area contributed by atoms with Crippen molar-refractivity contribution in [3.63, 3.8) is 0 Å². The van der Waals surface area contributed by atoms with E-state index in [0.717, 1.165) is 29.0 Å². The van der Waals surface area contributed by atoms with Crippen LogP contribution >= 0.6 is 0 Å². The SMILES string of the molecule is CCC(C)c1ccccc1N1CC(C(=O)NCc2ccc3c(c2)OCCO3)CC1=O. The molecular weight excluding hydrogens is 380 g/mol. The third-order valence-corrected chi connectivity index (χ3v) is 5.94. The fourth-order valence-corrected chi connectivity index (χ4v) is 4.02. The van der Waals surface area contributed by atoms with Gasteiger partial charge in [-0.2, -0.15) is 0 Å². The van der Waals surface area contributed by atoms with Gasteiger partial charge in [0.25, 0.3) is 0 Å². The molecule has 0 aromatic heterocycles. The van der Waals surface area contributed by atoms with Gasteiger partial charge in [0.2, 0.25) is 11.8 Å². The highest BCUT2D eigenvalue weighted by molar-refractivity contribution is 6.00. The maximum absolute atomic E-state index is 12.8. The van der Waals surface area contributed by atoms with Gasteiger partial charge in [-0.1, -0.05) is 38.1 Å². The van der Waals surface area contributed by atoms with Crippen molar-refractivity contribution >= 4 is 17.5 Å². The lowest BCUT2D eigenvalue weighted by molar-refractivity contribution is -0.126. The Bertz CT molecular complexity index is 943. The predicted octanol–water partition coefficient (Wildman–Crippen LogP) is 3.64. The summed E-state index contributed by atoms with van der Waals surface area (Å²) in [5.41, 5.74) is 3.03. The summed E-state index contributed by atoms with van der Waals surface area (Å²) in [6.45, 7) is 6.19. The van der Waals surface area contributed by atoms with Crippen LogP contribution in [0.15, 0.2) is 42.5 Å². The van der Waals surface area contributed by atoms with Gasteiger partial charge in [-0.25, -0.2) is 0 Å². The second-order valence-corrected chi connectivity index (χ2v) is 7.97. The molecule has 2 aliphatic heterocycles. The first kappa shape index (κ1) is 20.3. The normalized spacial score (nSPS) is 18.9. The molecule has 1 fully saturated rings. The molecule has 1 N–H and O–H groups in total. The van der Waals surface area contributed by atoms with Gasteiger partial charge in [-0.3, -0.25) is 9.59 Å². The number of ether oxygens (including phenoxy) is 2. The number of fused-ring (bicyclic) bond motifs is 1. The van der Waals surface area contributed by atoms with E-state index < -0.39 is 0 Å². The lowest BCUT2D eigenvalue weighted by Gasteiger charge is -2.23.